The standard InChI is InChI=1S/C11H8ClN5O3/c12-6-1-2-8(17(18)19)9(5-6)20-11-7(10(13)14)3-4-15-16-11/h1-5H,(H3,13,14). The Morgan fingerprint density at radius 3 is 2.85 bits per heavy atom. The molecule has 3 N–H and O–H groups in total. The predicted octanol–water partition coefficient (Wildman–Crippen LogP) is 2.11. The zero-order valence-corrected chi connectivity index (χ0v) is 10.7. The lowest BCUT2D eigenvalue weighted by molar-refractivity contribution is -0.385. The molecule has 0 bridgehead atoms. The molecule has 102 valence electrons. The average Bonchev–Trinajstić information content (AvgIpc) is 2.38. The maximum atomic E-state index is 10.9. The number of aromatic nitrogens is 2. The molecule has 0 unspecified atom stereocenters. The fourth-order valence-electron chi connectivity index (χ4n) is 1.42. The highest BCUT2D eigenvalue weighted by atomic mass is 35.5. The van der Waals surface area contributed by atoms with Gasteiger partial charge in [0.15, 0.2) is 0 Å². The normalized spacial score (nSPS) is 10.1. The summed E-state index contributed by atoms with van der Waals surface area (Å²) in [7, 11) is 0. The van der Waals surface area contributed by atoms with Crippen molar-refractivity contribution in [1.82, 2.24) is 10.2 Å². The summed E-state index contributed by atoms with van der Waals surface area (Å²) in [6.07, 6.45) is 1.33. The molecule has 20 heavy (non-hydrogen) atoms. The quantitative estimate of drug-likeness (QED) is 0.384. The van der Waals surface area contributed by atoms with Crippen LogP contribution in [-0.4, -0.2) is 21.0 Å². The first kappa shape index (κ1) is 13.7. The molecule has 0 saturated heterocycles. The highest BCUT2D eigenvalue weighted by Crippen LogP contribution is 2.33. The molecule has 0 radical (unpaired) electrons. The van der Waals surface area contributed by atoms with Crippen LogP contribution < -0.4 is 10.5 Å². The Morgan fingerprint density at radius 2 is 2.20 bits per heavy atom. The SMILES string of the molecule is N=C(N)c1ccnnc1Oc1cc(Cl)ccc1[N+](=O)[O-]. The zero-order valence-electron chi connectivity index (χ0n) is 9.91. The van der Waals surface area contributed by atoms with E-state index in [1.165, 1.54) is 30.5 Å². The van der Waals surface area contributed by atoms with E-state index in [2.05, 4.69) is 10.2 Å². The lowest BCUT2D eigenvalue weighted by Gasteiger charge is -2.08. The minimum absolute atomic E-state index is 0.106. The Bertz CT molecular complexity index is 692. The van der Waals surface area contributed by atoms with Gasteiger partial charge in [0, 0.05) is 17.2 Å². The number of nitrogen functional groups attached to an aromatic ring is 1. The first-order valence-electron chi connectivity index (χ1n) is 5.27. The van der Waals surface area contributed by atoms with Crippen LogP contribution in [0.15, 0.2) is 30.5 Å². The van der Waals surface area contributed by atoms with Gasteiger partial charge in [-0.05, 0) is 12.1 Å². The van der Waals surface area contributed by atoms with Crippen molar-refractivity contribution < 1.29 is 9.66 Å². The fourth-order valence-corrected chi connectivity index (χ4v) is 1.59. The van der Waals surface area contributed by atoms with E-state index < -0.39 is 4.92 Å². The summed E-state index contributed by atoms with van der Waals surface area (Å²) in [5.41, 5.74) is 5.26. The van der Waals surface area contributed by atoms with Crippen LogP contribution in [0.2, 0.25) is 5.02 Å². The fraction of sp³-hybridized carbons (Fsp3) is 0. The van der Waals surface area contributed by atoms with Gasteiger partial charge in [-0.1, -0.05) is 11.6 Å². The second-order valence-corrected chi connectivity index (χ2v) is 4.07. The number of nitrogens with two attached hydrogens (primary N) is 1. The smallest absolute Gasteiger partial charge is 0.311 e. The molecule has 8 nitrogen and oxygen atoms in total. The van der Waals surface area contributed by atoms with Gasteiger partial charge in [-0.2, -0.15) is 5.10 Å². The van der Waals surface area contributed by atoms with Crippen molar-refractivity contribution in [2.75, 3.05) is 0 Å². The number of amidine groups is 1. The van der Waals surface area contributed by atoms with E-state index in [0.29, 0.717) is 0 Å². The van der Waals surface area contributed by atoms with E-state index in [0.717, 1.165) is 0 Å². The second-order valence-electron chi connectivity index (χ2n) is 3.63. The van der Waals surface area contributed by atoms with Gasteiger partial charge in [0.2, 0.25) is 11.6 Å². The van der Waals surface area contributed by atoms with Crippen molar-refractivity contribution in [2.24, 2.45) is 5.73 Å². The molecule has 0 amide bonds. The molecule has 2 rings (SSSR count). The Morgan fingerprint density at radius 1 is 1.45 bits per heavy atom. The Labute approximate surface area is 117 Å². The molecular weight excluding hydrogens is 286 g/mol. The molecule has 1 aromatic heterocycles. The highest BCUT2D eigenvalue weighted by Gasteiger charge is 2.19. The summed E-state index contributed by atoms with van der Waals surface area (Å²) in [6.45, 7) is 0. The van der Waals surface area contributed by atoms with Gasteiger partial charge >= 0.3 is 5.69 Å². The van der Waals surface area contributed by atoms with E-state index in [4.69, 9.17) is 27.5 Å². The minimum atomic E-state index is -0.616. The van der Waals surface area contributed by atoms with Crippen LogP contribution in [0.3, 0.4) is 0 Å². The number of nitro benzene ring substituents is 1. The van der Waals surface area contributed by atoms with Crippen molar-refractivity contribution in [3.8, 4) is 11.6 Å². The van der Waals surface area contributed by atoms with E-state index in [1.54, 1.807) is 0 Å². The highest BCUT2D eigenvalue weighted by molar-refractivity contribution is 6.30. The summed E-state index contributed by atoms with van der Waals surface area (Å²) in [5, 5.41) is 25.8. The number of nitro groups is 1. The third kappa shape index (κ3) is 2.81. The largest absolute Gasteiger partial charge is 0.430 e. The molecule has 0 aliphatic carbocycles. The first-order valence-corrected chi connectivity index (χ1v) is 5.64. The minimum Gasteiger partial charge on any atom is -0.430 e. The average molecular weight is 294 g/mol. The number of nitrogens with zero attached hydrogens (tertiary/aromatic N) is 3. The van der Waals surface area contributed by atoms with Gasteiger partial charge in [0.05, 0.1) is 16.7 Å². The second kappa shape index (κ2) is 5.49. The molecule has 9 heteroatoms. The maximum absolute atomic E-state index is 10.9. The molecule has 0 saturated carbocycles. The van der Waals surface area contributed by atoms with Crippen molar-refractivity contribution >= 4 is 23.1 Å². The number of rotatable bonds is 4. The van der Waals surface area contributed by atoms with Crippen molar-refractivity contribution in [2.45, 2.75) is 0 Å². The van der Waals surface area contributed by atoms with Crippen LogP contribution in [-0.2, 0) is 0 Å². The van der Waals surface area contributed by atoms with Crippen molar-refractivity contribution in [3.05, 3.63) is 51.2 Å². The van der Waals surface area contributed by atoms with Gasteiger partial charge in [-0.3, -0.25) is 15.5 Å². The van der Waals surface area contributed by atoms with Crippen LogP contribution in [0.5, 0.6) is 11.6 Å². The summed E-state index contributed by atoms with van der Waals surface area (Å²) in [5.74, 6) is -0.504. The predicted molar refractivity (Wildman–Crippen MR) is 71.2 cm³/mol. The zero-order chi connectivity index (χ0) is 14.7. The van der Waals surface area contributed by atoms with E-state index in [1.807, 2.05) is 0 Å². The molecule has 0 aliphatic rings. The molecule has 0 aliphatic heterocycles. The summed E-state index contributed by atoms with van der Waals surface area (Å²) in [6, 6.07) is 5.27. The number of nitrogens with one attached hydrogen (secondary N) is 1. The van der Waals surface area contributed by atoms with E-state index in [-0.39, 0.29) is 33.7 Å². The van der Waals surface area contributed by atoms with Crippen LogP contribution >= 0.6 is 11.6 Å². The number of hydrogen-bond donors (Lipinski definition) is 2. The first-order chi connectivity index (χ1) is 9.49. The lowest BCUT2D eigenvalue weighted by Crippen LogP contribution is -2.13. The number of ether oxygens (including phenoxy) is 1. The van der Waals surface area contributed by atoms with Crippen LogP contribution in [0.4, 0.5) is 5.69 Å². The summed E-state index contributed by atoms with van der Waals surface area (Å²) >= 11 is 5.78. The van der Waals surface area contributed by atoms with Crippen molar-refractivity contribution in [1.29, 1.82) is 5.41 Å². The third-order valence-electron chi connectivity index (χ3n) is 2.30. The van der Waals surface area contributed by atoms with Gasteiger partial charge < -0.3 is 10.5 Å². The van der Waals surface area contributed by atoms with Crippen molar-refractivity contribution in [3.63, 3.8) is 0 Å². The van der Waals surface area contributed by atoms with E-state index in [9.17, 15) is 10.1 Å². The van der Waals surface area contributed by atoms with Gasteiger partial charge in [-0.25, -0.2) is 0 Å². The lowest BCUT2D eigenvalue weighted by atomic mass is 10.2. The molecule has 1 heterocycles. The summed E-state index contributed by atoms with van der Waals surface area (Å²) < 4.78 is 5.32. The van der Waals surface area contributed by atoms with Crippen LogP contribution in [0, 0.1) is 15.5 Å². The number of halogens is 1. The van der Waals surface area contributed by atoms with Gasteiger partial charge in [-0.15, -0.1) is 5.10 Å². The number of hydrogen-bond acceptors (Lipinski definition) is 6. The topological polar surface area (TPSA) is 128 Å². The van der Waals surface area contributed by atoms with Crippen LogP contribution in [0.25, 0.3) is 0 Å². The van der Waals surface area contributed by atoms with E-state index >= 15 is 0 Å². The molecule has 0 fully saturated rings. The Balaban J connectivity index is 2.47. The molecular formula is C11H8ClN5O3. The van der Waals surface area contributed by atoms with Crippen LogP contribution in [0.1, 0.15) is 5.56 Å². The Hall–Kier alpha value is -2.74. The molecule has 0 spiro atoms. The van der Waals surface area contributed by atoms with Gasteiger partial charge in [0.25, 0.3) is 0 Å². The number of benzene rings is 1. The molecule has 2 aromatic rings. The Kier molecular flexibility index (Phi) is 3.76. The maximum Gasteiger partial charge on any atom is 0.311 e. The molecule has 1 aromatic carbocycles. The molecule has 0 atom stereocenters. The third-order valence-corrected chi connectivity index (χ3v) is 2.54. The van der Waals surface area contributed by atoms with Gasteiger partial charge in [0.1, 0.15) is 5.84 Å². The monoisotopic (exact) mass is 293 g/mol. The summed E-state index contributed by atoms with van der Waals surface area (Å²) in [4.78, 5) is 10.3.